The zero-order valence-corrected chi connectivity index (χ0v) is 10.9. The smallest absolute Gasteiger partial charge is 0.254 e. The van der Waals surface area contributed by atoms with E-state index in [1.165, 1.54) is 12.8 Å². The third kappa shape index (κ3) is 2.68. The molecular formula is C13H21N3O. The summed E-state index contributed by atoms with van der Waals surface area (Å²) in [6.07, 6.45) is 6.37. The fraction of sp³-hybridized carbons (Fsp3) is 0.692. The first-order valence-electron chi connectivity index (χ1n) is 6.37. The van der Waals surface area contributed by atoms with Gasteiger partial charge in [0.1, 0.15) is 0 Å². The fourth-order valence-corrected chi connectivity index (χ4v) is 2.55. The Bertz CT molecular complexity index is 411. The van der Waals surface area contributed by atoms with Crippen LogP contribution >= 0.6 is 0 Å². The van der Waals surface area contributed by atoms with Crippen molar-refractivity contribution in [2.24, 2.45) is 13.0 Å². The van der Waals surface area contributed by atoms with Crippen molar-refractivity contribution in [1.29, 1.82) is 0 Å². The second kappa shape index (κ2) is 4.90. The summed E-state index contributed by atoms with van der Waals surface area (Å²) in [5, 5.41) is 7.23. The van der Waals surface area contributed by atoms with Crippen LogP contribution in [0.1, 0.15) is 48.7 Å². The third-order valence-corrected chi connectivity index (χ3v) is 3.75. The molecule has 17 heavy (non-hydrogen) atoms. The zero-order valence-electron chi connectivity index (χ0n) is 10.9. The lowest BCUT2D eigenvalue weighted by Crippen LogP contribution is -2.38. The molecular weight excluding hydrogens is 214 g/mol. The Labute approximate surface area is 102 Å². The van der Waals surface area contributed by atoms with Crippen LogP contribution in [-0.2, 0) is 7.05 Å². The lowest BCUT2D eigenvalue weighted by atomic mass is 9.87. The summed E-state index contributed by atoms with van der Waals surface area (Å²) in [6, 6.07) is 0.339. The summed E-state index contributed by atoms with van der Waals surface area (Å²) in [6.45, 7) is 4.18. The molecule has 0 spiro atoms. The molecule has 4 nitrogen and oxygen atoms in total. The normalized spacial score (nSPS) is 24.6. The summed E-state index contributed by atoms with van der Waals surface area (Å²) >= 11 is 0. The van der Waals surface area contributed by atoms with Gasteiger partial charge in [-0.1, -0.05) is 19.8 Å². The molecule has 1 saturated carbocycles. The van der Waals surface area contributed by atoms with Crippen molar-refractivity contribution in [2.75, 3.05) is 0 Å². The van der Waals surface area contributed by atoms with Crippen molar-refractivity contribution in [3.05, 3.63) is 17.5 Å². The molecule has 0 radical (unpaired) electrons. The minimum Gasteiger partial charge on any atom is -0.349 e. The average molecular weight is 235 g/mol. The lowest BCUT2D eigenvalue weighted by molar-refractivity contribution is 0.0920. The Kier molecular flexibility index (Phi) is 3.50. The highest BCUT2D eigenvalue weighted by molar-refractivity contribution is 5.95. The van der Waals surface area contributed by atoms with Gasteiger partial charge < -0.3 is 5.32 Å². The molecule has 2 rings (SSSR count). The van der Waals surface area contributed by atoms with Crippen molar-refractivity contribution >= 4 is 5.91 Å². The molecule has 94 valence electrons. The van der Waals surface area contributed by atoms with E-state index < -0.39 is 0 Å². The van der Waals surface area contributed by atoms with Crippen LogP contribution in [0.4, 0.5) is 0 Å². The molecule has 1 aromatic heterocycles. The second-order valence-electron chi connectivity index (χ2n) is 5.21. The standard InChI is InChI=1S/C13H21N3O/c1-9-5-4-6-11(7-9)15-13(17)12-8-14-16(3)10(12)2/h8-9,11H,4-7H2,1-3H3,(H,15,17). The Morgan fingerprint density at radius 3 is 2.88 bits per heavy atom. The summed E-state index contributed by atoms with van der Waals surface area (Å²) in [4.78, 5) is 12.1. The van der Waals surface area contributed by atoms with E-state index in [0.717, 1.165) is 24.5 Å². The van der Waals surface area contributed by atoms with E-state index in [0.29, 0.717) is 11.6 Å². The van der Waals surface area contributed by atoms with E-state index in [2.05, 4.69) is 17.3 Å². The van der Waals surface area contributed by atoms with Crippen LogP contribution in [0.5, 0.6) is 0 Å². The first-order chi connectivity index (χ1) is 8.08. The SMILES string of the molecule is Cc1c(C(=O)NC2CCCC(C)C2)cnn1C. The number of nitrogens with zero attached hydrogens (tertiary/aromatic N) is 2. The van der Waals surface area contributed by atoms with Crippen LogP contribution in [0.2, 0.25) is 0 Å². The molecule has 0 bridgehead atoms. The van der Waals surface area contributed by atoms with Gasteiger partial charge in [0, 0.05) is 18.8 Å². The molecule has 4 heteroatoms. The molecule has 1 aliphatic rings. The van der Waals surface area contributed by atoms with Gasteiger partial charge in [0.15, 0.2) is 0 Å². The van der Waals surface area contributed by atoms with E-state index in [9.17, 15) is 4.79 Å². The van der Waals surface area contributed by atoms with Crippen molar-refractivity contribution < 1.29 is 4.79 Å². The van der Waals surface area contributed by atoms with Gasteiger partial charge in [0.05, 0.1) is 11.8 Å². The minimum absolute atomic E-state index is 0.0229. The molecule has 1 N–H and O–H groups in total. The number of carbonyl (C=O) groups excluding carboxylic acids is 1. The molecule has 0 aromatic carbocycles. The molecule has 1 heterocycles. The van der Waals surface area contributed by atoms with Gasteiger partial charge in [-0.3, -0.25) is 9.48 Å². The number of hydrogen-bond acceptors (Lipinski definition) is 2. The molecule has 1 fully saturated rings. The third-order valence-electron chi connectivity index (χ3n) is 3.75. The minimum atomic E-state index is 0.0229. The van der Waals surface area contributed by atoms with Gasteiger partial charge in [-0.15, -0.1) is 0 Å². The van der Waals surface area contributed by atoms with Gasteiger partial charge in [0.25, 0.3) is 5.91 Å². The summed E-state index contributed by atoms with van der Waals surface area (Å²) in [5.41, 5.74) is 1.62. The Morgan fingerprint density at radius 1 is 1.53 bits per heavy atom. The largest absolute Gasteiger partial charge is 0.349 e. The average Bonchev–Trinajstić information content (AvgIpc) is 2.60. The first kappa shape index (κ1) is 12.1. The van der Waals surface area contributed by atoms with Gasteiger partial charge in [0.2, 0.25) is 0 Å². The molecule has 1 aliphatic carbocycles. The topological polar surface area (TPSA) is 46.9 Å². The zero-order chi connectivity index (χ0) is 12.4. The number of carbonyl (C=O) groups is 1. The predicted molar refractivity (Wildman–Crippen MR) is 66.8 cm³/mol. The maximum Gasteiger partial charge on any atom is 0.254 e. The quantitative estimate of drug-likeness (QED) is 0.852. The van der Waals surface area contributed by atoms with Gasteiger partial charge in [-0.05, 0) is 25.7 Å². The van der Waals surface area contributed by atoms with Crippen LogP contribution in [0.3, 0.4) is 0 Å². The van der Waals surface area contributed by atoms with Crippen molar-refractivity contribution in [3.8, 4) is 0 Å². The lowest BCUT2D eigenvalue weighted by Gasteiger charge is -2.27. The molecule has 0 saturated heterocycles. The second-order valence-corrected chi connectivity index (χ2v) is 5.21. The van der Waals surface area contributed by atoms with Crippen LogP contribution in [0.25, 0.3) is 0 Å². The Balaban J connectivity index is 1.99. The van der Waals surface area contributed by atoms with Crippen molar-refractivity contribution in [2.45, 2.75) is 45.6 Å². The highest BCUT2D eigenvalue weighted by atomic mass is 16.1. The van der Waals surface area contributed by atoms with E-state index in [1.807, 2.05) is 14.0 Å². The Morgan fingerprint density at radius 2 is 2.29 bits per heavy atom. The predicted octanol–water partition coefficient (Wildman–Crippen LogP) is 2.04. The number of aryl methyl sites for hydroxylation is 1. The molecule has 2 unspecified atom stereocenters. The Hall–Kier alpha value is -1.32. The van der Waals surface area contributed by atoms with Gasteiger partial charge in [-0.25, -0.2) is 0 Å². The summed E-state index contributed by atoms with van der Waals surface area (Å²) in [5.74, 6) is 0.749. The summed E-state index contributed by atoms with van der Waals surface area (Å²) < 4.78 is 1.73. The molecule has 1 aromatic rings. The number of rotatable bonds is 2. The maximum atomic E-state index is 12.1. The highest BCUT2D eigenvalue weighted by Gasteiger charge is 2.22. The number of nitrogens with one attached hydrogen (secondary N) is 1. The number of aromatic nitrogens is 2. The monoisotopic (exact) mass is 235 g/mol. The first-order valence-corrected chi connectivity index (χ1v) is 6.37. The van der Waals surface area contributed by atoms with E-state index >= 15 is 0 Å². The van der Waals surface area contributed by atoms with Crippen molar-refractivity contribution in [1.82, 2.24) is 15.1 Å². The number of amides is 1. The fourth-order valence-electron chi connectivity index (χ4n) is 2.55. The van der Waals surface area contributed by atoms with Gasteiger partial charge in [-0.2, -0.15) is 5.10 Å². The highest BCUT2D eigenvalue weighted by Crippen LogP contribution is 2.23. The van der Waals surface area contributed by atoms with Crippen LogP contribution in [0.15, 0.2) is 6.20 Å². The van der Waals surface area contributed by atoms with Crippen LogP contribution in [0, 0.1) is 12.8 Å². The summed E-state index contributed by atoms with van der Waals surface area (Å²) in [7, 11) is 1.86. The van der Waals surface area contributed by atoms with E-state index in [-0.39, 0.29) is 5.91 Å². The van der Waals surface area contributed by atoms with Crippen LogP contribution in [-0.4, -0.2) is 21.7 Å². The van der Waals surface area contributed by atoms with Crippen LogP contribution < -0.4 is 5.32 Å². The van der Waals surface area contributed by atoms with Gasteiger partial charge >= 0.3 is 0 Å². The number of hydrogen-bond donors (Lipinski definition) is 1. The molecule has 1 amide bonds. The van der Waals surface area contributed by atoms with E-state index in [1.54, 1.807) is 10.9 Å². The molecule has 0 aliphatic heterocycles. The van der Waals surface area contributed by atoms with E-state index in [4.69, 9.17) is 0 Å². The van der Waals surface area contributed by atoms with Crippen molar-refractivity contribution in [3.63, 3.8) is 0 Å². The molecule has 2 atom stereocenters. The maximum absolute atomic E-state index is 12.1.